The largest absolute Gasteiger partial charge is 0.507 e. The fourth-order valence-corrected chi connectivity index (χ4v) is 5.62. The maximum atomic E-state index is 13.5. The summed E-state index contributed by atoms with van der Waals surface area (Å²) in [5, 5.41) is 12.2. The number of aliphatic hydroxyl groups excluding tert-OH is 1. The zero-order valence-corrected chi connectivity index (χ0v) is 22.4. The molecule has 1 aromatic heterocycles. The summed E-state index contributed by atoms with van der Waals surface area (Å²) < 4.78 is 11.9. The molecule has 0 bridgehead atoms. The van der Waals surface area contributed by atoms with E-state index in [1.807, 2.05) is 18.2 Å². The lowest BCUT2D eigenvalue weighted by Gasteiger charge is -2.23. The number of amides is 1. The molecule has 1 aliphatic rings. The van der Waals surface area contributed by atoms with Crippen molar-refractivity contribution in [2.45, 2.75) is 25.8 Å². The lowest BCUT2D eigenvalue weighted by atomic mass is 9.95. The van der Waals surface area contributed by atoms with Gasteiger partial charge in [0, 0.05) is 10.6 Å². The van der Waals surface area contributed by atoms with E-state index in [9.17, 15) is 14.7 Å². The third-order valence-corrected chi connectivity index (χ3v) is 7.55. The van der Waals surface area contributed by atoms with Crippen LogP contribution in [0.4, 0.5) is 5.13 Å². The minimum absolute atomic E-state index is 0.0248. The standard InChI is InChI=1S/C29H25ClN2O5S/c1-3-4-14-37-21-7-5-6-18(15-21)25-24(26(33)17-8-11-20(36-2)12-9-17)27(34)28(35)32(25)29-31-22-13-10-19(30)16-23(22)38-29/h5-13,15-16,25,33H,3-4,14H2,1-2H3/b26-24+. The second-order valence-electron chi connectivity index (χ2n) is 8.78. The number of anilines is 1. The van der Waals surface area contributed by atoms with Gasteiger partial charge < -0.3 is 14.6 Å². The molecule has 2 heterocycles. The van der Waals surface area contributed by atoms with Crippen LogP contribution in [0.25, 0.3) is 16.0 Å². The number of aliphatic hydroxyl groups is 1. The van der Waals surface area contributed by atoms with Crippen LogP contribution in [0.15, 0.2) is 72.3 Å². The number of aromatic nitrogens is 1. The van der Waals surface area contributed by atoms with E-state index in [-0.39, 0.29) is 11.3 Å². The van der Waals surface area contributed by atoms with E-state index < -0.39 is 17.7 Å². The van der Waals surface area contributed by atoms with Crippen molar-refractivity contribution in [3.05, 3.63) is 88.5 Å². The first-order chi connectivity index (χ1) is 18.4. The van der Waals surface area contributed by atoms with Crippen molar-refractivity contribution < 1.29 is 24.2 Å². The number of methoxy groups -OCH3 is 1. The molecule has 9 heteroatoms. The van der Waals surface area contributed by atoms with Gasteiger partial charge in [0.05, 0.1) is 35.5 Å². The molecule has 1 saturated heterocycles. The number of benzene rings is 3. The minimum atomic E-state index is -0.914. The molecule has 0 saturated carbocycles. The number of halogens is 1. The number of hydrogen-bond donors (Lipinski definition) is 1. The first kappa shape index (κ1) is 25.8. The van der Waals surface area contributed by atoms with Gasteiger partial charge in [-0.05, 0) is 66.6 Å². The van der Waals surface area contributed by atoms with Crippen LogP contribution in [-0.2, 0) is 9.59 Å². The summed E-state index contributed by atoms with van der Waals surface area (Å²) in [4.78, 5) is 32.9. The molecule has 1 unspecified atom stereocenters. The van der Waals surface area contributed by atoms with E-state index in [1.54, 1.807) is 55.6 Å². The van der Waals surface area contributed by atoms with Gasteiger partial charge in [0.15, 0.2) is 5.13 Å². The number of thiazole rings is 1. The number of hydrogen-bond acceptors (Lipinski definition) is 7. The Balaban J connectivity index is 1.67. The number of carbonyl (C=O) groups excluding carboxylic acids is 2. The van der Waals surface area contributed by atoms with Gasteiger partial charge in [-0.3, -0.25) is 14.5 Å². The highest BCUT2D eigenvalue weighted by Crippen LogP contribution is 2.45. The third kappa shape index (κ3) is 4.85. The van der Waals surface area contributed by atoms with Crippen LogP contribution in [0.3, 0.4) is 0 Å². The van der Waals surface area contributed by atoms with Gasteiger partial charge in [0.2, 0.25) is 0 Å². The zero-order valence-electron chi connectivity index (χ0n) is 20.8. The van der Waals surface area contributed by atoms with E-state index in [0.717, 1.165) is 17.5 Å². The highest BCUT2D eigenvalue weighted by atomic mass is 35.5. The summed E-state index contributed by atoms with van der Waals surface area (Å²) in [7, 11) is 1.54. The Labute approximate surface area is 228 Å². The molecule has 5 rings (SSSR count). The first-order valence-corrected chi connectivity index (χ1v) is 13.3. The van der Waals surface area contributed by atoms with Gasteiger partial charge in [-0.15, -0.1) is 0 Å². The predicted molar refractivity (Wildman–Crippen MR) is 149 cm³/mol. The maximum Gasteiger partial charge on any atom is 0.301 e. The number of unbranched alkanes of at least 4 members (excludes halogenated alkanes) is 1. The Morgan fingerprint density at radius 2 is 1.87 bits per heavy atom. The molecule has 1 fully saturated rings. The van der Waals surface area contributed by atoms with Gasteiger partial charge in [-0.2, -0.15) is 0 Å². The molecular formula is C29H25ClN2O5S. The summed E-state index contributed by atoms with van der Waals surface area (Å²) in [5.74, 6) is -0.629. The third-order valence-electron chi connectivity index (χ3n) is 6.29. The molecule has 4 aromatic rings. The average Bonchev–Trinajstić information content (AvgIpc) is 3.46. The molecule has 0 radical (unpaired) electrons. The molecule has 7 nitrogen and oxygen atoms in total. The Bertz CT molecular complexity index is 1550. The molecule has 0 spiro atoms. The number of carbonyl (C=O) groups is 2. The van der Waals surface area contributed by atoms with E-state index in [2.05, 4.69) is 11.9 Å². The zero-order chi connectivity index (χ0) is 26.8. The molecule has 1 amide bonds. The van der Waals surface area contributed by atoms with Crippen LogP contribution in [0.1, 0.15) is 36.9 Å². The SMILES string of the molecule is CCCCOc1cccc(C2/C(=C(\O)c3ccc(OC)cc3)C(=O)C(=O)N2c2nc3ccc(Cl)cc3s2)c1. The average molecular weight is 549 g/mol. The Morgan fingerprint density at radius 3 is 2.61 bits per heavy atom. The number of nitrogens with zero attached hydrogens (tertiary/aromatic N) is 2. The van der Waals surface area contributed by atoms with E-state index >= 15 is 0 Å². The molecule has 0 aliphatic carbocycles. The monoisotopic (exact) mass is 548 g/mol. The van der Waals surface area contributed by atoms with Crippen molar-refractivity contribution >= 4 is 55.7 Å². The Morgan fingerprint density at radius 1 is 1.08 bits per heavy atom. The summed E-state index contributed by atoms with van der Waals surface area (Å²) in [6.45, 7) is 2.63. The van der Waals surface area contributed by atoms with Crippen LogP contribution < -0.4 is 14.4 Å². The number of ether oxygens (including phenoxy) is 2. The van der Waals surface area contributed by atoms with Gasteiger partial charge in [0.1, 0.15) is 17.3 Å². The van der Waals surface area contributed by atoms with Gasteiger partial charge in [0.25, 0.3) is 5.78 Å². The molecule has 1 atom stereocenters. The fourth-order valence-electron chi connectivity index (χ4n) is 4.35. The smallest absolute Gasteiger partial charge is 0.301 e. The topological polar surface area (TPSA) is 89.0 Å². The molecule has 194 valence electrons. The van der Waals surface area contributed by atoms with Crippen molar-refractivity contribution in [3.63, 3.8) is 0 Å². The lowest BCUT2D eigenvalue weighted by Crippen LogP contribution is -2.29. The van der Waals surface area contributed by atoms with Crippen molar-refractivity contribution in [3.8, 4) is 11.5 Å². The van der Waals surface area contributed by atoms with Crippen molar-refractivity contribution in [1.82, 2.24) is 4.98 Å². The first-order valence-electron chi connectivity index (χ1n) is 12.2. The van der Waals surface area contributed by atoms with Crippen molar-refractivity contribution in [2.75, 3.05) is 18.6 Å². The Hall–Kier alpha value is -3.88. The summed E-state index contributed by atoms with van der Waals surface area (Å²) in [5.41, 5.74) is 1.63. The normalized spacial score (nSPS) is 16.8. The Kier molecular flexibility index (Phi) is 7.35. The molecule has 3 aromatic carbocycles. The highest BCUT2D eigenvalue weighted by molar-refractivity contribution is 7.22. The summed E-state index contributed by atoms with van der Waals surface area (Å²) in [6.07, 6.45) is 1.89. The minimum Gasteiger partial charge on any atom is -0.507 e. The molecule has 1 N–H and O–H groups in total. The van der Waals surface area contributed by atoms with E-state index in [4.69, 9.17) is 21.1 Å². The number of ketones is 1. The lowest BCUT2D eigenvalue weighted by molar-refractivity contribution is -0.132. The molecule has 38 heavy (non-hydrogen) atoms. The van der Waals surface area contributed by atoms with Crippen LogP contribution in [0.2, 0.25) is 5.02 Å². The van der Waals surface area contributed by atoms with Crippen LogP contribution >= 0.6 is 22.9 Å². The van der Waals surface area contributed by atoms with Crippen LogP contribution in [-0.4, -0.2) is 35.5 Å². The number of fused-ring (bicyclic) bond motifs is 1. The van der Waals surface area contributed by atoms with Gasteiger partial charge >= 0.3 is 5.91 Å². The fraction of sp³-hybridized carbons (Fsp3) is 0.207. The molecular weight excluding hydrogens is 524 g/mol. The number of Topliss-reactive ketones (excluding diaryl/α,β-unsaturated/α-hetero) is 1. The molecule has 1 aliphatic heterocycles. The number of rotatable bonds is 8. The van der Waals surface area contributed by atoms with Gasteiger partial charge in [-0.25, -0.2) is 4.98 Å². The van der Waals surface area contributed by atoms with E-state index in [1.165, 1.54) is 16.2 Å². The van der Waals surface area contributed by atoms with E-state index in [0.29, 0.717) is 44.9 Å². The van der Waals surface area contributed by atoms with Crippen LogP contribution in [0, 0.1) is 0 Å². The second kappa shape index (κ2) is 10.8. The second-order valence-corrected chi connectivity index (χ2v) is 10.2. The van der Waals surface area contributed by atoms with Crippen molar-refractivity contribution in [1.29, 1.82) is 0 Å². The summed E-state index contributed by atoms with van der Waals surface area (Å²) >= 11 is 7.42. The predicted octanol–water partition coefficient (Wildman–Crippen LogP) is 6.76. The van der Waals surface area contributed by atoms with Crippen molar-refractivity contribution in [2.24, 2.45) is 0 Å². The quantitative estimate of drug-likeness (QED) is 0.113. The highest BCUT2D eigenvalue weighted by Gasteiger charge is 2.48. The van der Waals surface area contributed by atoms with Gasteiger partial charge in [-0.1, -0.05) is 48.4 Å². The summed E-state index contributed by atoms with van der Waals surface area (Å²) in [6, 6.07) is 18.2. The maximum absolute atomic E-state index is 13.5. The van der Waals surface area contributed by atoms with Crippen LogP contribution in [0.5, 0.6) is 11.5 Å².